The van der Waals surface area contributed by atoms with Crippen LogP contribution < -0.4 is 0 Å². The molecule has 114 valence electrons. The summed E-state index contributed by atoms with van der Waals surface area (Å²) < 4.78 is 6.24. The molecule has 0 heterocycles. The fraction of sp³-hybridized carbons (Fsp3) is 0.647. The van der Waals surface area contributed by atoms with Crippen LogP contribution in [-0.4, -0.2) is 14.2 Å². The highest BCUT2D eigenvalue weighted by Gasteiger charge is 2.36. The fourth-order valence-corrected chi connectivity index (χ4v) is 2.86. The molecule has 1 nitrogen and oxygen atoms in total. The van der Waals surface area contributed by atoms with Crippen LogP contribution in [0.2, 0.25) is 18.1 Å². The number of alkyl halides is 1. The summed E-state index contributed by atoms with van der Waals surface area (Å²) in [5, 5.41) is 0.272. The van der Waals surface area contributed by atoms with Gasteiger partial charge in [-0.25, -0.2) is 0 Å². The number of halogens is 1. The van der Waals surface area contributed by atoms with E-state index < -0.39 is 8.32 Å². The average molecular weight is 313 g/mol. The van der Waals surface area contributed by atoms with Gasteiger partial charge < -0.3 is 4.43 Å². The quantitative estimate of drug-likeness (QED) is 0.353. The minimum Gasteiger partial charge on any atom is -0.413 e. The SMILES string of the molecule is CC(C)(C)[Si](C)(C)OCc1ccc(CCCCCl)cc1. The number of benzene rings is 1. The van der Waals surface area contributed by atoms with Crippen LogP contribution in [0.15, 0.2) is 24.3 Å². The predicted molar refractivity (Wildman–Crippen MR) is 92.1 cm³/mol. The molecule has 0 fully saturated rings. The molecule has 0 unspecified atom stereocenters. The Kier molecular flexibility index (Phi) is 6.76. The summed E-state index contributed by atoms with van der Waals surface area (Å²) in [5.74, 6) is 0.762. The van der Waals surface area contributed by atoms with Gasteiger partial charge in [0.15, 0.2) is 8.32 Å². The van der Waals surface area contributed by atoms with Gasteiger partial charge in [0.2, 0.25) is 0 Å². The Morgan fingerprint density at radius 2 is 1.55 bits per heavy atom. The van der Waals surface area contributed by atoms with Crippen LogP contribution in [-0.2, 0) is 17.5 Å². The highest BCUT2D eigenvalue weighted by atomic mass is 35.5. The van der Waals surface area contributed by atoms with E-state index in [1.54, 1.807) is 0 Å². The maximum absolute atomic E-state index is 6.24. The number of unbranched alkanes of at least 4 members (excludes halogenated alkanes) is 1. The van der Waals surface area contributed by atoms with Gasteiger partial charge in [0.25, 0.3) is 0 Å². The van der Waals surface area contributed by atoms with Gasteiger partial charge >= 0.3 is 0 Å². The lowest BCUT2D eigenvalue weighted by atomic mass is 10.1. The largest absolute Gasteiger partial charge is 0.413 e. The first-order valence-electron chi connectivity index (χ1n) is 7.54. The molecule has 0 aliphatic rings. The van der Waals surface area contributed by atoms with Crippen molar-refractivity contribution >= 4 is 19.9 Å². The fourth-order valence-electron chi connectivity index (χ4n) is 1.71. The van der Waals surface area contributed by atoms with E-state index in [0.717, 1.165) is 25.3 Å². The lowest BCUT2D eigenvalue weighted by molar-refractivity contribution is 0.276. The monoisotopic (exact) mass is 312 g/mol. The van der Waals surface area contributed by atoms with Crippen molar-refractivity contribution in [2.45, 2.75) is 64.8 Å². The summed E-state index contributed by atoms with van der Waals surface area (Å²) in [7, 11) is -1.64. The predicted octanol–water partition coefficient (Wildman–Crippen LogP) is 5.77. The molecule has 0 amide bonds. The van der Waals surface area contributed by atoms with Gasteiger partial charge in [-0.2, -0.15) is 0 Å². The van der Waals surface area contributed by atoms with Crippen LogP contribution in [0.1, 0.15) is 44.7 Å². The van der Waals surface area contributed by atoms with Gasteiger partial charge in [0, 0.05) is 5.88 Å². The van der Waals surface area contributed by atoms with Gasteiger partial charge in [-0.3, -0.25) is 0 Å². The third-order valence-electron chi connectivity index (χ3n) is 4.28. The van der Waals surface area contributed by atoms with Crippen LogP contribution in [0.25, 0.3) is 0 Å². The molecule has 0 N–H and O–H groups in total. The number of aryl methyl sites for hydroxylation is 1. The summed E-state index contributed by atoms with van der Waals surface area (Å²) in [6.45, 7) is 12.2. The van der Waals surface area contributed by atoms with Crippen molar-refractivity contribution in [2.75, 3.05) is 5.88 Å². The van der Waals surface area contributed by atoms with E-state index in [4.69, 9.17) is 16.0 Å². The zero-order chi connectivity index (χ0) is 15.2. The normalized spacial score (nSPS) is 12.7. The van der Waals surface area contributed by atoms with Gasteiger partial charge in [-0.15, -0.1) is 11.6 Å². The molecule has 0 aromatic heterocycles. The molecule has 0 radical (unpaired) electrons. The Labute approximate surface area is 130 Å². The van der Waals surface area contributed by atoms with E-state index >= 15 is 0 Å². The topological polar surface area (TPSA) is 9.23 Å². The van der Waals surface area contributed by atoms with Gasteiger partial charge in [0.05, 0.1) is 6.61 Å². The minimum atomic E-state index is -1.64. The Morgan fingerprint density at radius 3 is 2.05 bits per heavy atom. The zero-order valence-electron chi connectivity index (χ0n) is 13.6. The van der Waals surface area contributed by atoms with Crippen molar-refractivity contribution in [3.63, 3.8) is 0 Å². The molecule has 1 rings (SSSR count). The molecule has 0 aliphatic heterocycles. The van der Waals surface area contributed by atoms with E-state index in [1.807, 2.05) is 0 Å². The van der Waals surface area contributed by atoms with Crippen molar-refractivity contribution < 1.29 is 4.43 Å². The Bertz CT molecular complexity index is 392. The molecule has 0 aliphatic carbocycles. The molecule has 0 atom stereocenters. The van der Waals surface area contributed by atoms with Crippen molar-refractivity contribution in [3.8, 4) is 0 Å². The van der Waals surface area contributed by atoms with Crippen molar-refractivity contribution in [2.24, 2.45) is 0 Å². The van der Waals surface area contributed by atoms with Gasteiger partial charge in [-0.05, 0) is 48.5 Å². The highest BCUT2D eigenvalue weighted by Crippen LogP contribution is 2.37. The summed E-state index contributed by atoms with van der Waals surface area (Å²) in [6.07, 6.45) is 3.39. The summed E-state index contributed by atoms with van der Waals surface area (Å²) in [6, 6.07) is 8.84. The first-order chi connectivity index (χ1) is 9.26. The molecular formula is C17H29ClOSi. The van der Waals surface area contributed by atoms with Crippen molar-refractivity contribution in [3.05, 3.63) is 35.4 Å². The highest BCUT2D eigenvalue weighted by molar-refractivity contribution is 6.74. The first kappa shape index (κ1) is 17.7. The Balaban J connectivity index is 2.50. The Hall–Kier alpha value is -0.313. The maximum atomic E-state index is 6.24. The third-order valence-corrected chi connectivity index (χ3v) is 9.02. The molecule has 0 saturated heterocycles. The summed E-state index contributed by atoms with van der Waals surface area (Å²) in [5.41, 5.74) is 2.67. The van der Waals surface area contributed by atoms with Crippen LogP contribution in [0.3, 0.4) is 0 Å². The minimum absolute atomic E-state index is 0.272. The number of hydrogen-bond donors (Lipinski definition) is 0. The molecule has 0 saturated carbocycles. The standard InChI is InChI=1S/C17H29ClOSi/c1-17(2,3)20(4,5)19-14-16-11-9-15(10-12-16)8-6-7-13-18/h9-12H,6-8,13-14H2,1-5H3. The first-order valence-corrected chi connectivity index (χ1v) is 11.0. The molecule has 1 aromatic carbocycles. The van der Waals surface area contributed by atoms with Crippen LogP contribution in [0, 0.1) is 0 Å². The number of rotatable bonds is 7. The summed E-state index contributed by atoms with van der Waals surface area (Å²) in [4.78, 5) is 0. The van der Waals surface area contributed by atoms with E-state index in [0.29, 0.717) is 0 Å². The van der Waals surface area contributed by atoms with E-state index in [2.05, 4.69) is 58.1 Å². The van der Waals surface area contributed by atoms with Crippen LogP contribution in [0.4, 0.5) is 0 Å². The number of hydrogen-bond acceptors (Lipinski definition) is 1. The molecule has 20 heavy (non-hydrogen) atoms. The molecule has 0 spiro atoms. The van der Waals surface area contributed by atoms with Gasteiger partial charge in [-0.1, -0.05) is 45.0 Å². The second kappa shape index (κ2) is 7.63. The lowest BCUT2D eigenvalue weighted by Gasteiger charge is -2.36. The molecule has 1 aromatic rings. The average Bonchev–Trinajstić information content (AvgIpc) is 2.37. The molecular weight excluding hydrogens is 284 g/mol. The Morgan fingerprint density at radius 1 is 1.00 bits per heavy atom. The third kappa shape index (κ3) is 5.59. The van der Waals surface area contributed by atoms with Crippen LogP contribution in [0.5, 0.6) is 0 Å². The van der Waals surface area contributed by atoms with E-state index in [-0.39, 0.29) is 5.04 Å². The van der Waals surface area contributed by atoms with Crippen molar-refractivity contribution in [1.29, 1.82) is 0 Å². The summed E-state index contributed by atoms with van der Waals surface area (Å²) >= 11 is 5.70. The van der Waals surface area contributed by atoms with E-state index in [9.17, 15) is 0 Å². The van der Waals surface area contributed by atoms with Gasteiger partial charge in [0.1, 0.15) is 0 Å². The molecule has 0 bridgehead atoms. The smallest absolute Gasteiger partial charge is 0.192 e. The van der Waals surface area contributed by atoms with Crippen molar-refractivity contribution in [1.82, 2.24) is 0 Å². The maximum Gasteiger partial charge on any atom is 0.192 e. The van der Waals surface area contributed by atoms with E-state index in [1.165, 1.54) is 17.5 Å². The zero-order valence-corrected chi connectivity index (χ0v) is 15.4. The second-order valence-electron chi connectivity index (χ2n) is 7.01. The second-order valence-corrected chi connectivity index (χ2v) is 12.2. The lowest BCUT2D eigenvalue weighted by Crippen LogP contribution is -2.40. The van der Waals surface area contributed by atoms with Crippen LogP contribution >= 0.6 is 11.6 Å². The molecule has 3 heteroatoms.